The Morgan fingerprint density at radius 3 is 3.05 bits per heavy atom. The van der Waals surface area contributed by atoms with Crippen molar-refractivity contribution in [1.82, 2.24) is 9.88 Å². The molecule has 0 saturated carbocycles. The van der Waals surface area contributed by atoms with Gasteiger partial charge in [0.25, 0.3) is 0 Å². The Morgan fingerprint density at radius 2 is 2.36 bits per heavy atom. The molecule has 0 fully saturated rings. The summed E-state index contributed by atoms with van der Waals surface area (Å²) in [5.74, 6) is 0.355. The quantitative estimate of drug-likeness (QED) is 0.660. The van der Waals surface area contributed by atoms with Gasteiger partial charge in [0.2, 0.25) is 5.89 Å². The zero-order valence-electron chi connectivity index (χ0n) is 12.8. The van der Waals surface area contributed by atoms with E-state index in [0.29, 0.717) is 32.2 Å². The Morgan fingerprint density at radius 1 is 1.50 bits per heavy atom. The third kappa shape index (κ3) is 4.94. The molecule has 0 unspecified atom stereocenters. The first-order chi connectivity index (χ1) is 10.7. The van der Waals surface area contributed by atoms with Crippen LogP contribution in [0.3, 0.4) is 0 Å². The van der Waals surface area contributed by atoms with Crippen LogP contribution in [-0.4, -0.2) is 49.3 Å². The lowest BCUT2D eigenvalue weighted by Gasteiger charge is -2.19. The van der Waals surface area contributed by atoms with Gasteiger partial charge in [0.15, 0.2) is 0 Å². The van der Waals surface area contributed by atoms with Crippen LogP contribution >= 0.6 is 11.3 Å². The van der Waals surface area contributed by atoms with E-state index in [1.54, 1.807) is 31.6 Å². The standard InChI is InChI=1S/C15H20N2O4S/c1-3-20-14(18)10-17(6-7-19-2)9-12-11-21-15(16-12)13-5-4-8-22-13/h4-5,8,11H,3,6-7,9-10H2,1-2H3. The third-order valence-corrected chi connectivity index (χ3v) is 3.80. The summed E-state index contributed by atoms with van der Waals surface area (Å²) in [5, 5.41) is 1.98. The molecule has 0 N–H and O–H groups in total. The summed E-state index contributed by atoms with van der Waals surface area (Å²) in [6, 6.07) is 3.91. The van der Waals surface area contributed by atoms with Gasteiger partial charge in [0.05, 0.1) is 30.3 Å². The molecule has 2 rings (SSSR count). The van der Waals surface area contributed by atoms with Gasteiger partial charge in [-0.2, -0.15) is 0 Å². The Labute approximate surface area is 133 Å². The Kier molecular flexibility index (Phi) is 6.57. The Hall–Kier alpha value is -1.70. The highest BCUT2D eigenvalue weighted by atomic mass is 32.1. The van der Waals surface area contributed by atoms with Crippen molar-refractivity contribution in [2.45, 2.75) is 13.5 Å². The molecule has 0 radical (unpaired) electrons. The number of oxazole rings is 1. The molecule has 2 heterocycles. The van der Waals surface area contributed by atoms with Crippen LogP contribution in [-0.2, 0) is 20.8 Å². The molecular formula is C15H20N2O4S. The Bertz CT molecular complexity index is 568. The van der Waals surface area contributed by atoms with E-state index in [4.69, 9.17) is 13.9 Å². The highest BCUT2D eigenvalue weighted by Gasteiger charge is 2.15. The minimum atomic E-state index is -0.249. The molecule has 0 aliphatic heterocycles. The Balaban J connectivity index is 1.98. The number of rotatable bonds is 9. The van der Waals surface area contributed by atoms with E-state index in [0.717, 1.165) is 10.6 Å². The largest absolute Gasteiger partial charge is 0.465 e. The molecule has 22 heavy (non-hydrogen) atoms. The number of carbonyl (C=O) groups is 1. The summed E-state index contributed by atoms with van der Waals surface area (Å²) in [7, 11) is 1.63. The van der Waals surface area contributed by atoms with Crippen LogP contribution in [0.4, 0.5) is 0 Å². The topological polar surface area (TPSA) is 64.8 Å². The molecule has 0 spiro atoms. The van der Waals surface area contributed by atoms with Crippen LogP contribution in [0.2, 0.25) is 0 Å². The zero-order valence-corrected chi connectivity index (χ0v) is 13.6. The first-order valence-electron chi connectivity index (χ1n) is 7.08. The number of hydrogen-bond donors (Lipinski definition) is 0. The number of aromatic nitrogens is 1. The number of methoxy groups -OCH3 is 1. The average molecular weight is 324 g/mol. The molecule has 0 atom stereocenters. The predicted octanol–water partition coefficient (Wildman–Crippen LogP) is 2.41. The first kappa shape index (κ1) is 16.7. The molecule has 7 heteroatoms. The van der Waals surface area contributed by atoms with E-state index >= 15 is 0 Å². The smallest absolute Gasteiger partial charge is 0.320 e. The molecule has 0 aliphatic rings. The number of ether oxygens (including phenoxy) is 2. The van der Waals surface area contributed by atoms with Crippen molar-refractivity contribution in [3.8, 4) is 10.8 Å². The van der Waals surface area contributed by atoms with Crippen LogP contribution in [0.15, 0.2) is 28.2 Å². The van der Waals surface area contributed by atoms with Gasteiger partial charge in [-0.3, -0.25) is 9.69 Å². The summed E-state index contributed by atoms with van der Waals surface area (Å²) in [5.41, 5.74) is 0.781. The van der Waals surface area contributed by atoms with Gasteiger partial charge in [-0.1, -0.05) is 6.07 Å². The normalized spacial score (nSPS) is 11.0. The maximum absolute atomic E-state index is 11.7. The lowest BCUT2D eigenvalue weighted by Crippen LogP contribution is -2.33. The number of esters is 1. The zero-order chi connectivity index (χ0) is 15.8. The highest BCUT2D eigenvalue weighted by Crippen LogP contribution is 2.23. The maximum Gasteiger partial charge on any atom is 0.320 e. The molecule has 0 aliphatic carbocycles. The predicted molar refractivity (Wildman–Crippen MR) is 83.6 cm³/mol. The second-order valence-corrected chi connectivity index (χ2v) is 5.58. The fraction of sp³-hybridized carbons (Fsp3) is 0.467. The SMILES string of the molecule is CCOC(=O)CN(CCOC)Cc1coc(-c2cccs2)n1. The lowest BCUT2D eigenvalue weighted by molar-refractivity contribution is -0.144. The summed E-state index contributed by atoms with van der Waals surface area (Å²) in [4.78, 5) is 19.0. The van der Waals surface area contributed by atoms with E-state index in [-0.39, 0.29) is 12.5 Å². The van der Waals surface area contributed by atoms with Gasteiger partial charge >= 0.3 is 5.97 Å². The van der Waals surface area contributed by atoms with Crippen molar-refractivity contribution in [2.75, 3.05) is 33.4 Å². The number of carbonyl (C=O) groups excluding carboxylic acids is 1. The van der Waals surface area contributed by atoms with Crippen molar-refractivity contribution in [3.05, 3.63) is 29.5 Å². The monoisotopic (exact) mass is 324 g/mol. The molecular weight excluding hydrogens is 304 g/mol. The molecule has 0 aromatic carbocycles. The molecule has 120 valence electrons. The lowest BCUT2D eigenvalue weighted by atomic mass is 10.4. The fourth-order valence-electron chi connectivity index (χ4n) is 1.95. The van der Waals surface area contributed by atoms with E-state index in [1.807, 2.05) is 22.4 Å². The van der Waals surface area contributed by atoms with Gasteiger partial charge in [-0.25, -0.2) is 4.98 Å². The van der Waals surface area contributed by atoms with Crippen molar-refractivity contribution in [3.63, 3.8) is 0 Å². The van der Waals surface area contributed by atoms with Gasteiger partial charge in [-0.05, 0) is 18.4 Å². The number of nitrogens with zero attached hydrogens (tertiary/aromatic N) is 2. The summed E-state index contributed by atoms with van der Waals surface area (Å²) >= 11 is 1.58. The third-order valence-electron chi connectivity index (χ3n) is 2.94. The van der Waals surface area contributed by atoms with E-state index in [2.05, 4.69) is 4.98 Å². The molecule has 2 aromatic heterocycles. The summed E-state index contributed by atoms with van der Waals surface area (Å²) < 4.78 is 15.6. The van der Waals surface area contributed by atoms with E-state index < -0.39 is 0 Å². The van der Waals surface area contributed by atoms with Crippen LogP contribution in [0.25, 0.3) is 10.8 Å². The van der Waals surface area contributed by atoms with Crippen LogP contribution in [0.1, 0.15) is 12.6 Å². The molecule has 0 amide bonds. The van der Waals surface area contributed by atoms with E-state index in [9.17, 15) is 4.79 Å². The van der Waals surface area contributed by atoms with Crippen molar-refractivity contribution in [2.24, 2.45) is 0 Å². The molecule has 2 aromatic rings. The van der Waals surface area contributed by atoms with Gasteiger partial charge in [0.1, 0.15) is 6.26 Å². The van der Waals surface area contributed by atoms with Crippen molar-refractivity contribution < 1.29 is 18.7 Å². The highest BCUT2D eigenvalue weighted by molar-refractivity contribution is 7.13. The van der Waals surface area contributed by atoms with Gasteiger partial charge in [-0.15, -0.1) is 11.3 Å². The maximum atomic E-state index is 11.7. The summed E-state index contributed by atoms with van der Waals surface area (Å²) in [6.07, 6.45) is 1.63. The van der Waals surface area contributed by atoms with Crippen LogP contribution in [0, 0.1) is 0 Å². The molecule has 0 bridgehead atoms. The van der Waals surface area contributed by atoms with Gasteiger partial charge < -0.3 is 13.9 Å². The average Bonchev–Trinajstić information content (AvgIpc) is 3.15. The van der Waals surface area contributed by atoms with Crippen LogP contribution in [0.5, 0.6) is 0 Å². The van der Waals surface area contributed by atoms with Crippen molar-refractivity contribution >= 4 is 17.3 Å². The second kappa shape index (κ2) is 8.67. The molecule has 0 saturated heterocycles. The number of hydrogen-bond acceptors (Lipinski definition) is 7. The first-order valence-corrected chi connectivity index (χ1v) is 7.96. The molecule has 6 nitrogen and oxygen atoms in total. The van der Waals surface area contributed by atoms with Gasteiger partial charge in [0, 0.05) is 20.2 Å². The number of thiophene rings is 1. The minimum Gasteiger partial charge on any atom is -0.465 e. The van der Waals surface area contributed by atoms with E-state index in [1.165, 1.54) is 0 Å². The second-order valence-electron chi connectivity index (χ2n) is 4.63. The van der Waals surface area contributed by atoms with Crippen molar-refractivity contribution in [1.29, 1.82) is 0 Å². The van der Waals surface area contributed by atoms with Crippen LogP contribution < -0.4 is 0 Å². The minimum absolute atomic E-state index is 0.207. The summed E-state index contributed by atoms with van der Waals surface area (Å²) in [6.45, 7) is 4.05. The fourth-order valence-corrected chi connectivity index (χ4v) is 2.60.